The lowest BCUT2D eigenvalue weighted by Crippen LogP contribution is -2.30. The van der Waals surface area contributed by atoms with Crippen LogP contribution < -0.4 is 4.90 Å². The highest BCUT2D eigenvalue weighted by Crippen LogP contribution is 2.50. The predicted octanol–water partition coefficient (Wildman–Crippen LogP) is 4.53. The number of anilines is 1. The maximum atomic E-state index is 12.9. The Labute approximate surface area is 169 Å². The van der Waals surface area contributed by atoms with Crippen LogP contribution in [0.25, 0.3) is 5.57 Å². The van der Waals surface area contributed by atoms with Crippen molar-refractivity contribution < 1.29 is 18.8 Å². The number of thiazole rings is 1. The van der Waals surface area contributed by atoms with Crippen LogP contribution in [-0.2, 0) is 4.79 Å². The molecule has 1 aromatic heterocycles. The molecule has 1 saturated carbocycles. The molecule has 0 spiro atoms. The van der Waals surface area contributed by atoms with Gasteiger partial charge in [0.2, 0.25) is 5.91 Å². The third-order valence-corrected chi connectivity index (χ3v) is 6.93. The number of nitrogens with zero attached hydrogens (tertiary/aromatic N) is 3. The fourth-order valence-corrected chi connectivity index (χ4v) is 5.17. The van der Waals surface area contributed by atoms with Crippen molar-refractivity contribution in [3.63, 3.8) is 0 Å². The van der Waals surface area contributed by atoms with Crippen molar-refractivity contribution in [2.75, 3.05) is 29.5 Å². The molecule has 3 rings (SSSR count). The molecule has 0 aromatic carbocycles. The molecular weight excluding hydrogens is 416 g/mol. The lowest BCUT2D eigenvalue weighted by Gasteiger charge is -2.19. The molecule has 2 aliphatic rings. The Kier molecular flexibility index (Phi) is 6.45. The standard InChI is InChI=1S/C17H20ClF2N3O2S2/c1-2-23(13(24)5-7-26-10-12-8-17(12,19)20)16-14(18)21-15(27-16)11-4-3-6-22(25)9-11/h3-4,9,12,25H,2,5-8,10H2,1H3. The number of carbonyl (C=O) groups is 1. The lowest BCUT2D eigenvalue weighted by molar-refractivity contribution is -0.118. The zero-order chi connectivity index (χ0) is 19.6. The van der Waals surface area contributed by atoms with E-state index in [-0.39, 0.29) is 23.9 Å². The molecule has 5 nitrogen and oxygen atoms in total. The quantitative estimate of drug-likeness (QED) is 0.608. The molecule has 10 heteroatoms. The van der Waals surface area contributed by atoms with Crippen molar-refractivity contribution in [2.24, 2.45) is 5.92 Å². The first-order valence-electron chi connectivity index (χ1n) is 8.58. The van der Waals surface area contributed by atoms with Crippen LogP contribution in [0, 0.1) is 5.92 Å². The smallest absolute Gasteiger partial charge is 0.252 e. The van der Waals surface area contributed by atoms with Gasteiger partial charge in [0.1, 0.15) is 10.0 Å². The molecule has 0 bridgehead atoms. The van der Waals surface area contributed by atoms with Crippen LogP contribution in [0.15, 0.2) is 18.4 Å². The van der Waals surface area contributed by atoms with E-state index in [1.165, 1.54) is 23.1 Å². The molecule has 1 fully saturated rings. The van der Waals surface area contributed by atoms with E-state index in [1.54, 1.807) is 17.2 Å². The number of halogens is 3. The van der Waals surface area contributed by atoms with E-state index in [2.05, 4.69) is 4.98 Å². The number of rotatable bonds is 8. The third-order valence-electron chi connectivity index (χ3n) is 4.29. The summed E-state index contributed by atoms with van der Waals surface area (Å²) in [7, 11) is 0. The molecule has 2 heterocycles. The van der Waals surface area contributed by atoms with Gasteiger partial charge >= 0.3 is 0 Å². The van der Waals surface area contributed by atoms with Crippen LogP contribution in [0.4, 0.5) is 13.8 Å². The number of aromatic nitrogens is 1. The molecule has 1 N–H and O–H groups in total. The minimum absolute atomic E-state index is 0.0379. The summed E-state index contributed by atoms with van der Waals surface area (Å²) in [5, 5.41) is 12.0. The van der Waals surface area contributed by atoms with E-state index >= 15 is 0 Å². The van der Waals surface area contributed by atoms with E-state index in [0.717, 1.165) is 5.06 Å². The normalized spacial score (nSPS) is 20.6. The second-order valence-electron chi connectivity index (χ2n) is 6.35. The molecular formula is C17H20ClF2N3O2S2. The van der Waals surface area contributed by atoms with Crippen LogP contribution in [0.1, 0.15) is 24.8 Å². The van der Waals surface area contributed by atoms with Gasteiger partial charge in [-0.05, 0) is 6.92 Å². The molecule has 27 heavy (non-hydrogen) atoms. The largest absolute Gasteiger partial charge is 0.301 e. The average Bonchev–Trinajstić information content (AvgIpc) is 3.04. The van der Waals surface area contributed by atoms with E-state index in [1.807, 2.05) is 13.0 Å². The lowest BCUT2D eigenvalue weighted by atomic mass is 10.2. The van der Waals surface area contributed by atoms with Crippen LogP contribution in [0.5, 0.6) is 0 Å². The number of carbonyl (C=O) groups excluding carboxylic acids is 1. The van der Waals surface area contributed by atoms with Gasteiger partial charge in [-0.15, -0.1) is 0 Å². The van der Waals surface area contributed by atoms with E-state index < -0.39 is 11.8 Å². The summed E-state index contributed by atoms with van der Waals surface area (Å²) >= 11 is 8.92. The molecule has 1 aromatic rings. The number of allylic oxidation sites excluding steroid dienone is 2. The van der Waals surface area contributed by atoms with Crippen molar-refractivity contribution in [1.29, 1.82) is 0 Å². The summed E-state index contributed by atoms with van der Waals surface area (Å²) < 4.78 is 25.7. The molecule has 0 saturated heterocycles. The second kappa shape index (κ2) is 8.46. The molecule has 1 amide bonds. The predicted molar refractivity (Wildman–Crippen MR) is 106 cm³/mol. The second-order valence-corrected chi connectivity index (χ2v) is 8.83. The van der Waals surface area contributed by atoms with Gasteiger partial charge in [-0.1, -0.05) is 35.1 Å². The molecule has 1 aliphatic heterocycles. The summed E-state index contributed by atoms with van der Waals surface area (Å²) in [6.45, 7) is 2.69. The Bertz CT molecular complexity index is 769. The van der Waals surface area contributed by atoms with Gasteiger partial charge in [-0.2, -0.15) is 11.8 Å². The topological polar surface area (TPSA) is 56.7 Å². The van der Waals surface area contributed by atoms with Crippen molar-refractivity contribution in [2.45, 2.75) is 25.7 Å². The Balaban J connectivity index is 1.59. The van der Waals surface area contributed by atoms with Crippen LogP contribution in [0.2, 0.25) is 5.15 Å². The molecule has 1 aliphatic carbocycles. The first kappa shape index (κ1) is 20.6. The van der Waals surface area contributed by atoms with Crippen molar-refractivity contribution in [3.05, 3.63) is 28.5 Å². The third kappa shape index (κ3) is 5.01. The van der Waals surface area contributed by atoms with Gasteiger partial charge in [-0.25, -0.2) is 13.8 Å². The average molecular weight is 436 g/mol. The van der Waals surface area contributed by atoms with Crippen molar-refractivity contribution in [1.82, 2.24) is 10.0 Å². The molecule has 1 unspecified atom stereocenters. The van der Waals surface area contributed by atoms with Crippen LogP contribution in [-0.4, -0.2) is 51.7 Å². The zero-order valence-electron chi connectivity index (χ0n) is 14.7. The number of hydrogen-bond donors (Lipinski definition) is 1. The maximum absolute atomic E-state index is 12.9. The number of hydroxylamine groups is 2. The van der Waals surface area contributed by atoms with Gasteiger partial charge in [0.15, 0.2) is 5.15 Å². The van der Waals surface area contributed by atoms with Gasteiger partial charge in [0, 0.05) is 48.6 Å². The highest BCUT2D eigenvalue weighted by molar-refractivity contribution is 7.99. The fraction of sp³-hybridized carbons (Fsp3) is 0.529. The fourth-order valence-electron chi connectivity index (χ4n) is 2.66. The Morgan fingerprint density at radius 2 is 2.33 bits per heavy atom. The summed E-state index contributed by atoms with van der Waals surface area (Å²) in [5.74, 6) is -2.28. The minimum atomic E-state index is -2.51. The highest BCUT2D eigenvalue weighted by atomic mass is 35.5. The monoisotopic (exact) mass is 435 g/mol. The molecule has 148 valence electrons. The SMILES string of the molecule is CCN(C(=O)CCSCC1CC1(F)F)c1sc(C2=CN(O)CC=C2)nc1Cl. The summed E-state index contributed by atoms with van der Waals surface area (Å²) in [6.07, 6.45) is 5.42. The van der Waals surface area contributed by atoms with E-state index in [9.17, 15) is 18.8 Å². The van der Waals surface area contributed by atoms with Crippen LogP contribution >= 0.6 is 34.7 Å². The van der Waals surface area contributed by atoms with Crippen molar-refractivity contribution >= 4 is 51.2 Å². The Hall–Kier alpha value is -1.16. The molecule has 1 atom stereocenters. The summed E-state index contributed by atoms with van der Waals surface area (Å²) in [6, 6.07) is 0. The van der Waals surface area contributed by atoms with Gasteiger partial charge in [0.05, 0.1) is 6.54 Å². The van der Waals surface area contributed by atoms with E-state index in [0.29, 0.717) is 40.2 Å². The van der Waals surface area contributed by atoms with Crippen molar-refractivity contribution in [3.8, 4) is 0 Å². The number of amides is 1. The first-order valence-corrected chi connectivity index (χ1v) is 10.9. The van der Waals surface area contributed by atoms with Gasteiger partial charge < -0.3 is 4.90 Å². The number of alkyl halides is 2. The molecule has 0 radical (unpaired) electrons. The maximum Gasteiger partial charge on any atom is 0.252 e. The first-order chi connectivity index (χ1) is 12.8. The van der Waals surface area contributed by atoms with Gasteiger partial charge in [0.25, 0.3) is 5.92 Å². The highest BCUT2D eigenvalue weighted by Gasteiger charge is 2.56. The summed E-state index contributed by atoms with van der Waals surface area (Å²) in [4.78, 5) is 18.4. The number of hydrogen-bond acceptors (Lipinski definition) is 6. The Morgan fingerprint density at radius 1 is 1.59 bits per heavy atom. The minimum Gasteiger partial charge on any atom is -0.301 e. The number of thioether (sulfide) groups is 1. The summed E-state index contributed by atoms with van der Waals surface area (Å²) in [5.41, 5.74) is 0.714. The zero-order valence-corrected chi connectivity index (χ0v) is 17.1. The van der Waals surface area contributed by atoms with Crippen LogP contribution in [0.3, 0.4) is 0 Å². The van der Waals surface area contributed by atoms with E-state index in [4.69, 9.17) is 11.6 Å². The Morgan fingerprint density at radius 3 is 2.96 bits per heavy atom. The van der Waals surface area contributed by atoms with Gasteiger partial charge in [-0.3, -0.25) is 15.1 Å².